The maximum Gasteiger partial charge on any atom is 0.00255 e. The molecule has 1 N–H and O–H groups in total. The van der Waals surface area contributed by atoms with Crippen LogP contribution in [0.25, 0.3) is 0 Å². The fourth-order valence-corrected chi connectivity index (χ4v) is 3.96. The Balaban J connectivity index is 1.34. The van der Waals surface area contributed by atoms with Crippen molar-refractivity contribution >= 4 is 0 Å². The summed E-state index contributed by atoms with van der Waals surface area (Å²) >= 11 is 0. The minimum atomic E-state index is 0.970. The lowest BCUT2D eigenvalue weighted by atomic mass is 10.0. The van der Waals surface area contributed by atoms with Crippen LogP contribution in [0.1, 0.15) is 71.1 Å². The second-order valence-electron chi connectivity index (χ2n) is 7.12. The zero-order chi connectivity index (χ0) is 14.0. The van der Waals surface area contributed by atoms with Gasteiger partial charge < -0.3 is 10.2 Å². The molecule has 0 saturated carbocycles. The molecule has 20 heavy (non-hydrogen) atoms. The van der Waals surface area contributed by atoms with E-state index in [-0.39, 0.29) is 0 Å². The Labute approximate surface area is 126 Å². The van der Waals surface area contributed by atoms with Crippen LogP contribution in [0.2, 0.25) is 0 Å². The lowest BCUT2D eigenvalue weighted by Gasteiger charge is -2.16. The predicted molar refractivity (Wildman–Crippen MR) is 88.1 cm³/mol. The molecule has 2 heteroatoms. The van der Waals surface area contributed by atoms with Gasteiger partial charge in [0.1, 0.15) is 0 Å². The van der Waals surface area contributed by atoms with Crippen molar-refractivity contribution in [3.8, 4) is 0 Å². The molecule has 2 atom stereocenters. The molecule has 0 aromatic rings. The number of likely N-dealkylation sites (tertiary alicyclic amines) is 1. The first-order chi connectivity index (χ1) is 9.90. The van der Waals surface area contributed by atoms with Crippen LogP contribution < -0.4 is 5.32 Å². The second kappa shape index (κ2) is 9.78. The number of unbranched alkanes of at least 4 members (excludes halogenated alkanes) is 9. The van der Waals surface area contributed by atoms with Crippen molar-refractivity contribution < 1.29 is 0 Å². The number of nitrogens with one attached hydrogen (secondary N) is 1. The highest BCUT2D eigenvalue weighted by Crippen LogP contribution is 2.26. The van der Waals surface area contributed by atoms with E-state index >= 15 is 0 Å². The molecule has 0 amide bonds. The van der Waals surface area contributed by atoms with E-state index in [0.29, 0.717) is 0 Å². The first-order valence-electron chi connectivity index (χ1n) is 9.33. The van der Waals surface area contributed by atoms with Gasteiger partial charge in [-0.15, -0.1) is 0 Å². The van der Waals surface area contributed by atoms with Crippen molar-refractivity contribution in [3.63, 3.8) is 0 Å². The largest absolute Gasteiger partial charge is 0.316 e. The van der Waals surface area contributed by atoms with Gasteiger partial charge in [0.05, 0.1) is 0 Å². The van der Waals surface area contributed by atoms with E-state index in [2.05, 4.69) is 17.1 Å². The number of rotatable bonds is 11. The highest BCUT2D eigenvalue weighted by molar-refractivity contribution is 4.90. The van der Waals surface area contributed by atoms with Crippen LogP contribution in [0.3, 0.4) is 0 Å². The Kier molecular flexibility index (Phi) is 7.97. The van der Waals surface area contributed by atoms with Crippen LogP contribution in [0.4, 0.5) is 0 Å². The highest BCUT2D eigenvalue weighted by atomic mass is 15.2. The maximum absolute atomic E-state index is 3.53. The summed E-state index contributed by atoms with van der Waals surface area (Å²) in [6, 6.07) is 0. The van der Waals surface area contributed by atoms with E-state index in [1.807, 2.05) is 0 Å². The minimum absolute atomic E-state index is 0.970. The molecule has 0 aliphatic carbocycles. The van der Waals surface area contributed by atoms with E-state index in [1.54, 1.807) is 0 Å². The molecule has 2 unspecified atom stereocenters. The van der Waals surface area contributed by atoms with Crippen LogP contribution in [0.15, 0.2) is 0 Å². The Hall–Kier alpha value is -0.0800. The van der Waals surface area contributed by atoms with Gasteiger partial charge in [0, 0.05) is 13.1 Å². The average molecular weight is 280 g/mol. The second-order valence-corrected chi connectivity index (χ2v) is 7.12. The fourth-order valence-electron chi connectivity index (χ4n) is 3.96. The SMILES string of the molecule is CCCCCCCCCCCCN1CC2CNCC2C1. The van der Waals surface area contributed by atoms with Gasteiger partial charge in [0.25, 0.3) is 0 Å². The monoisotopic (exact) mass is 280 g/mol. The topological polar surface area (TPSA) is 15.3 Å². The smallest absolute Gasteiger partial charge is 0.00255 e. The van der Waals surface area contributed by atoms with Crippen molar-refractivity contribution in [2.24, 2.45) is 11.8 Å². The van der Waals surface area contributed by atoms with Gasteiger partial charge in [0.2, 0.25) is 0 Å². The summed E-state index contributed by atoms with van der Waals surface area (Å²) in [5, 5.41) is 3.53. The van der Waals surface area contributed by atoms with Gasteiger partial charge in [-0.25, -0.2) is 0 Å². The van der Waals surface area contributed by atoms with Crippen molar-refractivity contribution in [1.29, 1.82) is 0 Å². The summed E-state index contributed by atoms with van der Waals surface area (Å²) in [6.45, 7) is 8.95. The molecule has 2 nitrogen and oxygen atoms in total. The number of fused-ring (bicyclic) bond motifs is 1. The molecule has 2 heterocycles. The molecule has 0 spiro atoms. The maximum atomic E-state index is 3.53. The van der Waals surface area contributed by atoms with Crippen molar-refractivity contribution in [1.82, 2.24) is 10.2 Å². The molecule has 0 radical (unpaired) electrons. The lowest BCUT2D eigenvalue weighted by molar-refractivity contribution is 0.304. The van der Waals surface area contributed by atoms with Gasteiger partial charge in [-0.3, -0.25) is 0 Å². The summed E-state index contributed by atoms with van der Waals surface area (Å²) in [5.41, 5.74) is 0. The molecular formula is C18H36N2. The molecule has 2 saturated heterocycles. The van der Waals surface area contributed by atoms with Crippen LogP contribution in [-0.4, -0.2) is 37.6 Å². The molecule has 0 aromatic carbocycles. The molecule has 2 aliphatic rings. The third-order valence-electron chi connectivity index (χ3n) is 5.29. The normalized spacial score (nSPS) is 26.2. The van der Waals surface area contributed by atoms with Gasteiger partial charge in [-0.1, -0.05) is 64.7 Å². The first kappa shape index (κ1) is 16.3. The standard InChI is InChI=1S/C18H36N2/c1-2-3-4-5-6-7-8-9-10-11-12-20-15-17-13-19-14-18(17)16-20/h17-19H,2-16H2,1H3. The predicted octanol–water partition coefficient (Wildman–Crippen LogP) is 4.06. The third-order valence-corrected chi connectivity index (χ3v) is 5.29. The summed E-state index contributed by atoms with van der Waals surface area (Å²) in [6.07, 6.45) is 14.5. The zero-order valence-electron chi connectivity index (χ0n) is 13.7. The summed E-state index contributed by atoms with van der Waals surface area (Å²) in [5.74, 6) is 1.94. The molecule has 0 aromatic heterocycles. The Morgan fingerprint density at radius 2 is 1.25 bits per heavy atom. The van der Waals surface area contributed by atoms with Crippen molar-refractivity contribution in [2.45, 2.75) is 71.1 Å². The Bertz CT molecular complexity index is 230. The molecule has 0 bridgehead atoms. The summed E-state index contributed by atoms with van der Waals surface area (Å²) < 4.78 is 0. The zero-order valence-corrected chi connectivity index (χ0v) is 13.7. The van der Waals surface area contributed by atoms with Crippen molar-refractivity contribution in [2.75, 3.05) is 32.7 Å². The van der Waals surface area contributed by atoms with Gasteiger partial charge in [-0.05, 0) is 37.9 Å². The Morgan fingerprint density at radius 1 is 0.750 bits per heavy atom. The molecule has 2 fully saturated rings. The third kappa shape index (κ3) is 5.73. The number of hydrogen-bond donors (Lipinski definition) is 1. The van der Waals surface area contributed by atoms with Crippen LogP contribution in [0, 0.1) is 11.8 Å². The van der Waals surface area contributed by atoms with Crippen LogP contribution in [0.5, 0.6) is 0 Å². The van der Waals surface area contributed by atoms with Gasteiger partial charge in [0.15, 0.2) is 0 Å². The van der Waals surface area contributed by atoms with Crippen LogP contribution >= 0.6 is 0 Å². The number of nitrogens with zero attached hydrogens (tertiary/aromatic N) is 1. The quantitative estimate of drug-likeness (QED) is 0.574. The molecule has 2 aliphatic heterocycles. The van der Waals surface area contributed by atoms with E-state index in [4.69, 9.17) is 0 Å². The summed E-state index contributed by atoms with van der Waals surface area (Å²) in [7, 11) is 0. The minimum Gasteiger partial charge on any atom is -0.316 e. The van der Waals surface area contributed by atoms with E-state index in [9.17, 15) is 0 Å². The van der Waals surface area contributed by atoms with E-state index in [1.165, 1.54) is 96.9 Å². The molecular weight excluding hydrogens is 244 g/mol. The number of hydrogen-bond acceptors (Lipinski definition) is 2. The fraction of sp³-hybridized carbons (Fsp3) is 1.00. The van der Waals surface area contributed by atoms with Crippen LogP contribution in [-0.2, 0) is 0 Å². The average Bonchev–Trinajstić information content (AvgIpc) is 3.02. The Morgan fingerprint density at radius 3 is 1.80 bits per heavy atom. The molecule has 2 rings (SSSR count). The van der Waals surface area contributed by atoms with Crippen molar-refractivity contribution in [3.05, 3.63) is 0 Å². The summed E-state index contributed by atoms with van der Waals surface area (Å²) in [4.78, 5) is 2.72. The van der Waals surface area contributed by atoms with E-state index < -0.39 is 0 Å². The molecule has 118 valence electrons. The van der Waals surface area contributed by atoms with E-state index in [0.717, 1.165) is 11.8 Å². The van der Waals surface area contributed by atoms with Gasteiger partial charge in [-0.2, -0.15) is 0 Å². The lowest BCUT2D eigenvalue weighted by Crippen LogP contribution is -2.26. The van der Waals surface area contributed by atoms with Gasteiger partial charge >= 0.3 is 0 Å². The highest BCUT2D eigenvalue weighted by Gasteiger charge is 2.35. The first-order valence-corrected chi connectivity index (χ1v) is 9.33.